The SMILES string of the molecule is CCCCOc1cc(OCCCC)c(C(C)C)cc1-c1noc(C(=O)Cl)c1I. The predicted molar refractivity (Wildman–Crippen MR) is 120 cm³/mol. The normalized spacial score (nSPS) is 11.1. The summed E-state index contributed by atoms with van der Waals surface area (Å²) in [5.74, 6) is 1.79. The van der Waals surface area contributed by atoms with Crippen molar-refractivity contribution < 1.29 is 18.8 Å². The molecule has 0 unspecified atom stereocenters. The van der Waals surface area contributed by atoms with Crippen LogP contribution in [-0.2, 0) is 0 Å². The molecule has 0 aliphatic carbocycles. The maximum atomic E-state index is 11.6. The van der Waals surface area contributed by atoms with Crippen molar-refractivity contribution in [1.29, 1.82) is 0 Å². The monoisotopic (exact) mass is 519 g/mol. The number of unbranched alkanes of at least 4 members (excludes halogenated alkanes) is 2. The average molecular weight is 520 g/mol. The van der Waals surface area contributed by atoms with Gasteiger partial charge in [-0.15, -0.1) is 0 Å². The second kappa shape index (κ2) is 11.0. The first-order valence-electron chi connectivity index (χ1n) is 9.69. The largest absolute Gasteiger partial charge is 0.493 e. The average Bonchev–Trinajstić information content (AvgIpc) is 3.03. The summed E-state index contributed by atoms with van der Waals surface area (Å²) in [6.07, 6.45) is 4.04. The number of benzene rings is 1. The highest BCUT2D eigenvalue weighted by Crippen LogP contribution is 2.41. The third-order valence-corrected chi connectivity index (χ3v) is 5.49. The summed E-state index contributed by atoms with van der Waals surface area (Å²) in [6.45, 7) is 9.74. The quantitative estimate of drug-likeness (QED) is 0.185. The second-order valence-electron chi connectivity index (χ2n) is 6.89. The van der Waals surface area contributed by atoms with E-state index in [1.807, 2.05) is 34.7 Å². The molecule has 1 aromatic heterocycles. The molecule has 0 amide bonds. The van der Waals surface area contributed by atoms with E-state index in [-0.39, 0.29) is 11.7 Å². The van der Waals surface area contributed by atoms with Crippen LogP contribution in [0, 0.1) is 3.57 Å². The van der Waals surface area contributed by atoms with Crippen molar-refractivity contribution in [2.45, 2.75) is 59.3 Å². The van der Waals surface area contributed by atoms with E-state index in [4.69, 9.17) is 25.6 Å². The molecule has 5 nitrogen and oxygen atoms in total. The third-order valence-electron chi connectivity index (χ3n) is 4.31. The summed E-state index contributed by atoms with van der Waals surface area (Å²) in [5, 5.41) is 3.43. The molecule has 0 radical (unpaired) electrons. The minimum atomic E-state index is -0.666. The fourth-order valence-electron chi connectivity index (χ4n) is 2.68. The molecule has 2 rings (SSSR count). The van der Waals surface area contributed by atoms with E-state index in [2.05, 4.69) is 32.9 Å². The molecule has 7 heteroatoms. The molecule has 0 fully saturated rings. The highest BCUT2D eigenvalue weighted by atomic mass is 127. The van der Waals surface area contributed by atoms with Gasteiger partial charge in [0, 0.05) is 11.6 Å². The molecule has 0 bridgehead atoms. The molecule has 0 saturated heterocycles. The number of rotatable bonds is 11. The van der Waals surface area contributed by atoms with Crippen molar-refractivity contribution in [2.24, 2.45) is 0 Å². The molecule has 2 aromatic rings. The molecule has 1 aromatic carbocycles. The van der Waals surface area contributed by atoms with E-state index in [0.717, 1.165) is 42.6 Å². The van der Waals surface area contributed by atoms with Crippen LogP contribution < -0.4 is 9.47 Å². The lowest BCUT2D eigenvalue weighted by molar-refractivity contribution is 0.104. The lowest BCUT2D eigenvalue weighted by Crippen LogP contribution is -2.05. The Morgan fingerprint density at radius 3 is 2.25 bits per heavy atom. The van der Waals surface area contributed by atoms with Crippen LogP contribution in [0.1, 0.15) is 75.4 Å². The molecule has 0 N–H and O–H groups in total. The van der Waals surface area contributed by atoms with Gasteiger partial charge in [-0.1, -0.05) is 45.7 Å². The van der Waals surface area contributed by atoms with Crippen LogP contribution in [-0.4, -0.2) is 23.6 Å². The van der Waals surface area contributed by atoms with Gasteiger partial charge in [0.25, 0.3) is 5.24 Å². The van der Waals surface area contributed by atoms with Crippen LogP contribution in [0.3, 0.4) is 0 Å². The summed E-state index contributed by atoms with van der Waals surface area (Å²) in [7, 11) is 0. The lowest BCUT2D eigenvalue weighted by Gasteiger charge is -2.19. The van der Waals surface area contributed by atoms with Crippen molar-refractivity contribution in [3.8, 4) is 22.8 Å². The minimum absolute atomic E-state index is 0.0474. The standard InChI is InChI=1S/C21H27ClINO4/c1-5-7-9-26-16-12-17(27-10-8-6-2)15(11-14(16)13(3)4)19-18(23)20(21(22)25)28-24-19/h11-13H,5-10H2,1-4H3. The number of ether oxygens (including phenoxy) is 2. The summed E-state index contributed by atoms with van der Waals surface area (Å²) in [5.41, 5.74) is 2.39. The molecular formula is C21H27ClINO4. The Bertz CT molecular complexity index is 804. The number of carbonyl (C=O) groups is 1. The first-order valence-corrected chi connectivity index (χ1v) is 11.1. The van der Waals surface area contributed by atoms with E-state index in [1.165, 1.54) is 0 Å². The van der Waals surface area contributed by atoms with Gasteiger partial charge in [0.2, 0.25) is 5.76 Å². The zero-order valence-electron chi connectivity index (χ0n) is 16.8. The summed E-state index contributed by atoms with van der Waals surface area (Å²) < 4.78 is 17.9. The van der Waals surface area contributed by atoms with Crippen molar-refractivity contribution in [2.75, 3.05) is 13.2 Å². The highest BCUT2D eigenvalue weighted by molar-refractivity contribution is 14.1. The molecule has 0 spiro atoms. The molecule has 154 valence electrons. The molecule has 0 atom stereocenters. The van der Waals surface area contributed by atoms with Gasteiger partial charge >= 0.3 is 0 Å². The van der Waals surface area contributed by atoms with Crippen LogP contribution in [0.2, 0.25) is 0 Å². The van der Waals surface area contributed by atoms with Crippen molar-refractivity contribution in [1.82, 2.24) is 5.16 Å². The Balaban J connectivity index is 2.54. The van der Waals surface area contributed by atoms with Crippen LogP contribution in [0.25, 0.3) is 11.3 Å². The van der Waals surface area contributed by atoms with Gasteiger partial charge in [0.05, 0.1) is 16.8 Å². The number of nitrogens with zero attached hydrogens (tertiary/aromatic N) is 1. The van der Waals surface area contributed by atoms with Gasteiger partial charge < -0.3 is 14.0 Å². The Kier molecular flexibility index (Phi) is 9.08. The number of hydrogen-bond donors (Lipinski definition) is 0. The van der Waals surface area contributed by atoms with E-state index in [0.29, 0.717) is 28.2 Å². The van der Waals surface area contributed by atoms with E-state index in [9.17, 15) is 4.79 Å². The van der Waals surface area contributed by atoms with E-state index < -0.39 is 5.24 Å². The molecule has 0 aliphatic rings. The Labute approximate surface area is 185 Å². The van der Waals surface area contributed by atoms with Gasteiger partial charge in [0.1, 0.15) is 17.2 Å². The second-order valence-corrected chi connectivity index (χ2v) is 8.31. The third kappa shape index (κ3) is 5.63. The predicted octanol–water partition coefficient (Wildman–Crippen LogP) is 6.81. The molecular weight excluding hydrogens is 493 g/mol. The Hall–Kier alpha value is -1.28. The zero-order chi connectivity index (χ0) is 20.7. The van der Waals surface area contributed by atoms with Gasteiger partial charge in [-0.3, -0.25) is 4.79 Å². The minimum Gasteiger partial charge on any atom is -0.493 e. The summed E-state index contributed by atoms with van der Waals surface area (Å²) in [6, 6.07) is 3.96. The number of halogens is 2. The molecule has 0 aliphatic heterocycles. The first-order chi connectivity index (χ1) is 13.4. The number of aromatic nitrogens is 1. The maximum Gasteiger partial charge on any atom is 0.291 e. The summed E-state index contributed by atoms with van der Waals surface area (Å²) >= 11 is 7.63. The van der Waals surface area contributed by atoms with Crippen molar-refractivity contribution >= 4 is 39.4 Å². The molecule has 1 heterocycles. The van der Waals surface area contributed by atoms with Crippen LogP contribution in [0.15, 0.2) is 16.7 Å². The smallest absolute Gasteiger partial charge is 0.291 e. The van der Waals surface area contributed by atoms with E-state index in [1.54, 1.807) is 0 Å². The van der Waals surface area contributed by atoms with Crippen molar-refractivity contribution in [3.63, 3.8) is 0 Å². The summed E-state index contributed by atoms with van der Waals surface area (Å²) in [4.78, 5) is 11.6. The number of carbonyl (C=O) groups excluding carboxylic acids is 1. The maximum absolute atomic E-state index is 11.6. The van der Waals surface area contributed by atoms with Gasteiger partial charge in [0.15, 0.2) is 0 Å². The van der Waals surface area contributed by atoms with Crippen LogP contribution in [0.4, 0.5) is 0 Å². The lowest BCUT2D eigenvalue weighted by atomic mass is 9.97. The van der Waals surface area contributed by atoms with Crippen LogP contribution in [0.5, 0.6) is 11.5 Å². The van der Waals surface area contributed by atoms with Gasteiger partial charge in [-0.2, -0.15) is 0 Å². The number of hydrogen-bond acceptors (Lipinski definition) is 5. The first kappa shape index (κ1) is 23.0. The van der Waals surface area contributed by atoms with Crippen molar-refractivity contribution in [3.05, 3.63) is 27.0 Å². The Morgan fingerprint density at radius 2 is 1.75 bits per heavy atom. The fraction of sp³-hybridized carbons (Fsp3) is 0.524. The van der Waals surface area contributed by atoms with Gasteiger partial charge in [-0.25, -0.2) is 0 Å². The van der Waals surface area contributed by atoms with Crippen LogP contribution >= 0.6 is 34.2 Å². The van der Waals surface area contributed by atoms with Gasteiger partial charge in [-0.05, 0) is 64.6 Å². The van der Waals surface area contributed by atoms with E-state index >= 15 is 0 Å². The molecule has 0 saturated carbocycles. The Morgan fingerprint density at radius 1 is 1.14 bits per heavy atom. The highest BCUT2D eigenvalue weighted by Gasteiger charge is 2.24. The zero-order valence-corrected chi connectivity index (χ0v) is 19.7. The fourth-order valence-corrected chi connectivity index (χ4v) is 3.70. The molecule has 28 heavy (non-hydrogen) atoms. The topological polar surface area (TPSA) is 61.6 Å².